The second-order valence-electron chi connectivity index (χ2n) is 5.83. The van der Waals surface area contributed by atoms with E-state index in [9.17, 15) is 9.18 Å². The van der Waals surface area contributed by atoms with Gasteiger partial charge < -0.3 is 15.0 Å². The van der Waals surface area contributed by atoms with Crippen molar-refractivity contribution < 1.29 is 13.9 Å². The molecule has 0 aliphatic carbocycles. The number of pyridine rings is 1. The van der Waals surface area contributed by atoms with Crippen molar-refractivity contribution in [2.75, 3.05) is 30.4 Å². The van der Waals surface area contributed by atoms with Gasteiger partial charge in [-0.1, -0.05) is 6.07 Å². The molecule has 3 rings (SSSR count). The number of nitrogens with one attached hydrogen (secondary N) is 1. The van der Waals surface area contributed by atoms with Gasteiger partial charge in [0.25, 0.3) is 0 Å². The number of anilines is 2. The number of carbonyl (C=O) groups is 1. The van der Waals surface area contributed by atoms with E-state index in [1.54, 1.807) is 30.5 Å². The van der Waals surface area contributed by atoms with Crippen molar-refractivity contribution in [1.29, 1.82) is 0 Å². The molecule has 0 saturated carbocycles. The molecular formula is C18H20FN3O2. The number of carbonyl (C=O) groups excluding carboxylic acids is 1. The minimum absolute atomic E-state index is 0.183. The number of piperidine rings is 1. The minimum atomic E-state index is -0.384. The predicted molar refractivity (Wildman–Crippen MR) is 90.8 cm³/mol. The molecule has 1 aromatic carbocycles. The molecule has 1 aromatic heterocycles. The summed E-state index contributed by atoms with van der Waals surface area (Å²) in [5.74, 6) is 0.0319. The molecule has 1 atom stereocenters. The van der Waals surface area contributed by atoms with Gasteiger partial charge in [0.05, 0.1) is 12.7 Å². The smallest absolute Gasteiger partial charge is 0.338 e. The number of esters is 1. The zero-order valence-corrected chi connectivity index (χ0v) is 13.5. The lowest BCUT2D eigenvalue weighted by molar-refractivity contribution is 0.0600. The van der Waals surface area contributed by atoms with Gasteiger partial charge in [0.2, 0.25) is 0 Å². The van der Waals surface area contributed by atoms with Crippen LogP contribution in [0.5, 0.6) is 0 Å². The molecule has 0 radical (unpaired) electrons. The van der Waals surface area contributed by atoms with Crippen LogP contribution in [-0.2, 0) is 4.74 Å². The van der Waals surface area contributed by atoms with Gasteiger partial charge in [-0.2, -0.15) is 0 Å². The molecule has 0 spiro atoms. The van der Waals surface area contributed by atoms with Crippen LogP contribution in [0.4, 0.5) is 15.9 Å². The predicted octanol–water partition coefficient (Wildman–Crippen LogP) is 3.09. The third-order valence-electron chi connectivity index (χ3n) is 4.13. The second kappa shape index (κ2) is 7.29. The van der Waals surface area contributed by atoms with Gasteiger partial charge in [0.1, 0.15) is 11.6 Å². The Kier molecular flexibility index (Phi) is 4.93. The van der Waals surface area contributed by atoms with Crippen molar-refractivity contribution in [3.63, 3.8) is 0 Å². The molecule has 2 heterocycles. The molecule has 2 aromatic rings. The summed E-state index contributed by atoms with van der Waals surface area (Å²) >= 11 is 0. The number of rotatable bonds is 4. The van der Waals surface area contributed by atoms with Gasteiger partial charge in [0.15, 0.2) is 0 Å². The lowest BCUT2D eigenvalue weighted by atomic mass is 10.0. The molecule has 0 amide bonds. The number of ether oxygens (including phenoxy) is 1. The fraction of sp³-hybridized carbons (Fsp3) is 0.333. The number of hydrogen-bond donors (Lipinski definition) is 1. The maximum absolute atomic E-state index is 13.4. The summed E-state index contributed by atoms with van der Waals surface area (Å²) < 4.78 is 18.2. The first-order valence-corrected chi connectivity index (χ1v) is 7.97. The highest BCUT2D eigenvalue weighted by atomic mass is 19.1. The van der Waals surface area contributed by atoms with Crippen LogP contribution in [0, 0.1) is 5.82 Å². The van der Waals surface area contributed by atoms with Gasteiger partial charge in [-0.15, -0.1) is 0 Å². The fourth-order valence-electron chi connectivity index (χ4n) is 2.97. The van der Waals surface area contributed by atoms with Crippen LogP contribution in [0.2, 0.25) is 0 Å². The van der Waals surface area contributed by atoms with Crippen molar-refractivity contribution in [2.24, 2.45) is 0 Å². The molecule has 1 aliphatic heterocycles. The van der Waals surface area contributed by atoms with Crippen LogP contribution in [-0.4, -0.2) is 37.2 Å². The molecule has 126 valence electrons. The highest BCUT2D eigenvalue weighted by Gasteiger charge is 2.21. The van der Waals surface area contributed by atoms with Gasteiger partial charge >= 0.3 is 5.97 Å². The normalized spacial score (nSPS) is 17.4. The zero-order valence-electron chi connectivity index (χ0n) is 13.5. The highest BCUT2D eigenvalue weighted by Crippen LogP contribution is 2.22. The number of aromatic nitrogens is 1. The van der Waals surface area contributed by atoms with Crippen LogP contribution in [0.15, 0.2) is 42.6 Å². The van der Waals surface area contributed by atoms with E-state index in [1.807, 2.05) is 6.07 Å². The van der Waals surface area contributed by atoms with Gasteiger partial charge in [-0.05, 0) is 43.2 Å². The fourth-order valence-corrected chi connectivity index (χ4v) is 2.97. The summed E-state index contributed by atoms with van der Waals surface area (Å²) in [5.41, 5.74) is 1.35. The Morgan fingerprint density at radius 2 is 2.25 bits per heavy atom. The number of hydrogen-bond acceptors (Lipinski definition) is 5. The number of nitrogens with zero attached hydrogens (tertiary/aromatic N) is 2. The van der Waals surface area contributed by atoms with Crippen molar-refractivity contribution >= 4 is 17.5 Å². The summed E-state index contributed by atoms with van der Waals surface area (Å²) in [6, 6.07) is 10.1. The first kappa shape index (κ1) is 16.2. The Morgan fingerprint density at radius 1 is 1.38 bits per heavy atom. The first-order chi connectivity index (χ1) is 11.7. The maximum Gasteiger partial charge on any atom is 0.338 e. The van der Waals surface area contributed by atoms with Crippen molar-refractivity contribution in [1.82, 2.24) is 4.98 Å². The summed E-state index contributed by atoms with van der Waals surface area (Å²) in [6.45, 7) is 1.66. The average Bonchev–Trinajstić information content (AvgIpc) is 2.61. The highest BCUT2D eigenvalue weighted by molar-refractivity contribution is 5.90. The summed E-state index contributed by atoms with van der Waals surface area (Å²) in [7, 11) is 1.36. The first-order valence-electron chi connectivity index (χ1n) is 7.97. The Bertz CT molecular complexity index is 723. The maximum atomic E-state index is 13.4. The molecule has 0 bridgehead atoms. The zero-order chi connectivity index (χ0) is 16.9. The van der Waals surface area contributed by atoms with E-state index in [-0.39, 0.29) is 17.8 Å². The molecule has 0 unspecified atom stereocenters. The monoisotopic (exact) mass is 329 g/mol. The van der Waals surface area contributed by atoms with E-state index in [2.05, 4.69) is 15.2 Å². The van der Waals surface area contributed by atoms with Gasteiger partial charge in [-0.3, -0.25) is 0 Å². The van der Waals surface area contributed by atoms with Gasteiger partial charge in [-0.25, -0.2) is 14.2 Å². The Hall–Kier alpha value is -2.63. The third kappa shape index (κ3) is 3.82. The SMILES string of the molecule is COC(=O)c1ccnc(N[C@@H]2CCCN(c3cccc(F)c3)C2)c1. The van der Waals surface area contributed by atoms with Gasteiger partial charge in [0, 0.05) is 31.0 Å². The molecule has 6 heteroatoms. The number of halogens is 1. The quantitative estimate of drug-likeness (QED) is 0.874. The number of benzene rings is 1. The molecule has 1 saturated heterocycles. The van der Waals surface area contributed by atoms with Crippen molar-refractivity contribution in [3.8, 4) is 0 Å². The average molecular weight is 329 g/mol. The number of methoxy groups -OCH3 is 1. The second-order valence-corrected chi connectivity index (χ2v) is 5.83. The lowest BCUT2D eigenvalue weighted by Gasteiger charge is -2.35. The van der Waals surface area contributed by atoms with Crippen molar-refractivity contribution in [3.05, 3.63) is 54.0 Å². The van der Waals surface area contributed by atoms with E-state index in [4.69, 9.17) is 4.74 Å². The van der Waals surface area contributed by atoms with Crippen LogP contribution in [0.3, 0.4) is 0 Å². The molecule has 24 heavy (non-hydrogen) atoms. The Balaban J connectivity index is 1.68. The van der Waals surface area contributed by atoms with Crippen LogP contribution in [0.25, 0.3) is 0 Å². The van der Waals surface area contributed by atoms with Crippen molar-refractivity contribution in [2.45, 2.75) is 18.9 Å². The summed E-state index contributed by atoms with van der Waals surface area (Å²) in [5, 5.41) is 3.36. The molecule has 5 nitrogen and oxygen atoms in total. The Labute approximate surface area is 140 Å². The minimum Gasteiger partial charge on any atom is -0.465 e. The summed E-state index contributed by atoms with van der Waals surface area (Å²) in [6.07, 6.45) is 3.59. The summed E-state index contributed by atoms with van der Waals surface area (Å²) in [4.78, 5) is 18.0. The largest absolute Gasteiger partial charge is 0.465 e. The standard InChI is InChI=1S/C18H20FN3O2/c1-24-18(23)13-7-8-20-17(10-13)21-15-5-3-9-22(12-15)16-6-2-4-14(19)11-16/h2,4,6-8,10-11,15H,3,5,9,12H2,1H3,(H,20,21)/t15-/m1/s1. The lowest BCUT2D eigenvalue weighted by Crippen LogP contribution is -2.42. The Morgan fingerprint density at radius 3 is 3.04 bits per heavy atom. The molecule has 1 N–H and O–H groups in total. The molecule has 1 fully saturated rings. The van der Waals surface area contributed by atoms with E-state index >= 15 is 0 Å². The van der Waals surface area contributed by atoms with E-state index < -0.39 is 0 Å². The van der Waals surface area contributed by atoms with E-state index in [0.29, 0.717) is 11.4 Å². The van der Waals surface area contributed by atoms with Crippen LogP contribution < -0.4 is 10.2 Å². The third-order valence-corrected chi connectivity index (χ3v) is 4.13. The molecular weight excluding hydrogens is 309 g/mol. The topological polar surface area (TPSA) is 54.5 Å². The van der Waals surface area contributed by atoms with Crippen LogP contribution >= 0.6 is 0 Å². The molecule has 1 aliphatic rings. The van der Waals surface area contributed by atoms with E-state index in [0.717, 1.165) is 31.6 Å². The van der Waals surface area contributed by atoms with Crippen LogP contribution in [0.1, 0.15) is 23.2 Å². The van der Waals surface area contributed by atoms with E-state index in [1.165, 1.54) is 13.2 Å².